The molecule has 0 bridgehead atoms. The number of esters is 1. The second kappa shape index (κ2) is 9.73. The van der Waals surface area contributed by atoms with E-state index in [1.54, 1.807) is 23.1 Å². The molecule has 0 saturated heterocycles. The number of thioether (sulfide) groups is 1. The molecule has 1 aromatic carbocycles. The third-order valence-electron chi connectivity index (χ3n) is 5.32. The van der Waals surface area contributed by atoms with Crippen molar-refractivity contribution >= 4 is 63.2 Å². The van der Waals surface area contributed by atoms with Gasteiger partial charge in [0.2, 0.25) is 5.13 Å². The Hall–Kier alpha value is -2.58. The Morgan fingerprint density at radius 2 is 2.18 bits per heavy atom. The van der Waals surface area contributed by atoms with Crippen molar-refractivity contribution in [1.29, 1.82) is 5.26 Å². The first-order chi connectivity index (χ1) is 15.8. The van der Waals surface area contributed by atoms with Crippen LogP contribution in [0.25, 0.3) is 0 Å². The first kappa shape index (κ1) is 23.6. The van der Waals surface area contributed by atoms with Crippen molar-refractivity contribution in [3.63, 3.8) is 0 Å². The zero-order chi connectivity index (χ0) is 23.7. The maximum Gasteiger partial charge on any atom is 0.316 e. The topological polar surface area (TPSA) is 122 Å². The summed E-state index contributed by atoms with van der Waals surface area (Å²) in [6.07, 6.45) is 1.59. The van der Waals surface area contributed by atoms with E-state index in [2.05, 4.69) is 21.0 Å². The van der Waals surface area contributed by atoms with E-state index in [4.69, 9.17) is 28.9 Å². The third kappa shape index (κ3) is 4.46. The third-order valence-corrected chi connectivity index (χ3v) is 7.89. The summed E-state index contributed by atoms with van der Waals surface area (Å²) in [6, 6.07) is 7.15. The van der Waals surface area contributed by atoms with Crippen LogP contribution < -0.4 is 10.6 Å². The monoisotopic (exact) mass is 521 g/mol. The Morgan fingerprint density at radius 3 is 2.88 bits per heavy atom. The molecule has 0 amide bonds. The Labute approximate surface area is 208 Å². The van der Waals surface area contributed by atoms with Gasteiger partial charge in [-0.15, -0.1) is 10.2 Å². The van der Waals surface area contributed by atoms with E-state index in [0.29, 0.717) is 55.6 Å². The van der Waals surface area contributed by atoms with Crippen molar-refractivity contribution in [1.82, 2.24) is 10.2 Å². The predicted molar refractivity (Wildman–Crippen MR) is 127 cm³/mol. The van der Waals surface area contributed by atoms with Gasteiger partial charge < -0.3 is 10.5 Å². The molecule has 0 fully saturated rings. The molecule has 1 aliphatic carbocycles. The molecule has 0 saturated carbocycles. The molecule has 8 nitrogen and oxygen atoms in total. The standard InChI is InChI=1S/C21H17Cl2N5O3S2/c1-31-16(30)9-32-21-27-26-20(33-21)28-14-3-2-4-15(29)18(14)17(12(8-24)19(28)25)11-6-5-10(22)7-13(11)23/h5-7,17H,2-4,9,25H2,1H3. The number of carbonyl (C=O) groups is 2. The number of hydrogen-bond acceptors (Lipinski definition) is 10. The number of benzene rings is 1. The van der Waals surface area contributed by atoms with E-state index < -0.39 is 5.92 Å². The lowest BCUT2D eigenvalue weighted by Crippen LogP contribution is -2.38. The molecule has 170 valence electrons. The number of anilines is 1. The molecule has 2 aromatic rings. The number of Topliss-reactive ketones (excluding diaryl/α,β-unsaturated/α-hetero) is 1. The number of allylic oxidation sites excluding steroid dienone is 3. The van der Waals surface area contributed by atoms with E-state index in [9.17, 15) is 14.9 Å². The van der Waals surface area contributed by atoms with Crippen LogP contribution in [-0.2, 0) is 14.3 Å². The minimum atomic E-state index is -0.695. The summed E-state index contributed by atoms with van der Waals surface area (Å²) in [6.45, 7) is 0. The summed E-state index contributed by atoms with van der Waals surface area (Å²) in [5, 5.41) is 19.6. The van der Waals surface area contributed by atoms with Crippen molar-refractivity contribution in [2.24, 2.45) is 5.73 Å². The number of ether oxygens (including phenoxy) is 1. The summed E-state index contributed by atoms with van der Waals surface area (Å²) in [5.41, 5.74) is 8.46. The highest BCUT2D eigenvalue weighted by Crippen LogP contribution is 2.48. The van der Waals surface area contributed by atoms with Gasteiger partial charge in [-0.05, 0) is 30.5 Å². The Balaban J connectivity index is 1.82. The largest absolute Gasteiger partial charge is 0.468 e. The molecule has 1 atom stereocenters. The van der Waals surface area contributed by atoms with Crippen LogP contribution in [0.15, 0.2) is 45.2 Å². The lowest BCUT2D eigenvalue weighted by Gasteiger charge is -2.38. The van der Waals surface area contributed by atoms with Gasteiger partial charge in [-0.2, -0.15) is 5.26 Å². The lowest BCUT2D eigenvalue weighted by molar-refractivity contribution is -0.137. The Kier molecular flexibility index (Phi) is 6.95. The van der Waals surface area contributed by atoms with Crippen molar-refractivity contribution in [2.75, 3.05) is 17.8 Å². The second-order valence-electron chi connectivity index (χ2n) is 7.20. The highest BCUT2D eigenvalue weighted by atomic mass is 35.5. The van der Waals surface area contributed by atoms with Crippen LogP contribution in [0.3, 0.4) is 0 Å². The normalized spacial score (nSPS) is 18.3. The van der Waals surface area contributed by atoms with Crippen LogP contribution in [0.5, 0.6) is 0 Å². The van der Waals surface area contributed by atoms with Crippen molar-refractivity contribution in [3.8, 4) is 6.07 Å². The number of rotatable bonds is 5. The van der Waals surface area contributed by atoms with E-state index in [1.165, 1.54) is 30.2 Å². The summed E-state index contributed by atoms with van der Waals surface area (Å²) in [4.78, 5) is 26.2. The van der Waals surface area contributed by atoms with Crippen LogP contribution in [-0.4, -0.2) is 34.8 Å². The fourth-order valence-corrected chi connectivity index (χ4v) is 6.11. The number of aromatic nitrogens is 2. The molecule has 1 unspecified atom stereocenters. The van der Waals surface area contributed by atoms with E-state index in [-0.39, 0.29) is 28.9 Å². The molecular formula is C21H17Cl2N5O3S2. The van der Waals surface area contributed by atoms with Gasteiger partial charge in [-0.25, -0.2) is 0 Å². The van der Waals surface area contributed by atoms with Crippen molar-refractivity contribution in [2.45, 2.75) is 29.5 Å². The summed E-state index contributed by atoms with van der Waals surface area (Å²) in [7, 11) is 1.31. The fraction of sp³-hybridized carbons (Fsp3) is 0.286. The molecule has 0 spiro atoms. The van der Waals surface area contributed by atoms with Gasteiger partial charge >= 0.3 is 5.97 Å². The Morgan fingerprint density at radius 1 is 1.39 bits per heavy atom. The number of nitrogens with two attached hydrogens (primary N) is 1. The summed E-state index contributed by atoms with van der Waals surface area (Å²) in [5.74, 6) is -0.889. The van der Waals surface area contributed by atoms with Crippen LogP contribution >= 0.6 is 46.3 Å². The molecule has 1 aliphatic heterocycles. The first-order valence-electron chi connectivity index (χ1n) is 9.79. The molecule has 2 heterocycles. The quantitative estimate of drug-likeness (QED) is 0.449. The van der Waals surface area contributed by atoms with Crippen LogP contribution in [0, 0.1) is 11.3 Å². The van der Waals surface area contributed by atoms with Gasteiger partial charge in [0.25, 0.3) is 0 Å². The Bertz CT molecular complexity index is 1250. The number of ketones is 1. The van der Waals surface area contributed by atoms with Crippen LogP contribution in [0.2, 0.25) is 10.0 Å². The molecule has 1 aromatic heterocycles. The number of halogens is 2. The van der Waals surface area contributed by atoms with Gasteiger partial charge in [0.15, 0.2) is 10.1 Å². The number of nitriles is 1. The minimum Gasteiger partial charge on any atom is -0.468 e. The number of nitrogens with zero attached hydrogens (tertiary/aromatic N) is 4. The molecule has 2 N–H and O–H groups in total. The van der Waals surface area contributed by atoms with E-state index in [0.717, 1.165) is 0 Å². The van der Waals surface area contributed by atoms with Crippen LogP contribution in [0.1, 0.15) is 30.7 Å². The van der Waals surface area contributed by atoms with Gasteiger partial charge in [-0.3, -0.25) is 14.5 Å². The zero-order valence-corrected chi connectivity index (χ0v) is 20.4. The van der Waals surface area contributed by atoms with Gasteiger partial charge in [0, 0.05) is 27.7 Å². The molecular weight excluding hydrogens is 505 g/mol. The smallest absolute Gasteiger partial charge is 0.316 e. The lowest BCUT2D eigenvalue weighted by atomic mass is 9.76. The molecule has 0 radical (unpaired) electrons. The van der Waals surface area contributed by atoms with Crippen molar-refractivity contribution in [3.05, 3.63) is 56.5 Å². The van der Waals surface area contributed by atoms with E-state index in [1.807, 2.05) is 0 Å². The number of hydrogen-bond donors (Lipinski definition) is 1. The molecule has 33 heavy (non-hydrogen) atoms. The zero-order valence-electron chi connectivity index (χ0n) is 17.3. The average Bonchev–Trinajstić information content (AvgIpc) is 3.25. The summed E-state index contributed by atoms with van der Waals surface area (Å²) >= 11 is 14.9. The second-order valence-corrected chi connectivity index (χ2v) is 10.2. The minimum absolute atomic E-state index is 0.0673. The van der Waals surface area contributed by atoms with Crippen LogP contribution in [0.4, 0.5) is 5.13 Å². The SMILES string of the molecule is COC(=O)CSc1nnc(N2C(N)=C(C#N)C(c3ccc(Cl)cc3Cl)C3=C2CCCC3=O)s1. The summed E-state index contributed by atoms with van der Waals surface area (Å²) < 4.78 is 5.19. The van der Waals surface area contributed by atoms with Crippen molar-refractivity contribution < 1.29 is 14.3 Å². The average molecular weight is 522 g/mol. The molecule has 2 aliphatic rings. The molecule has 12 heteroatoms. The van der Waals surface area contributed by atoms with Gasteiger partial charge in [0.1, 0.15) is 5.82 Å². The number of carbonyl (C=O) groups excluding carboxylic acids is 2. The van der Waals surface area contributed by atoms with Gasteiger partial charge in [0.05, 0.1) is 30.4 Å². The fourth-order valence-electron chi connectivity index (χ4n) is 3.88. The van der Waals surface area contributed by atoms with E-state index >= 15 is 0 Å². The molecule has 4 rings (SSSR count). The number of methoxy groups -OCH3 is 1. The highest BCUT2D eigenvalue weighted by Gasteiger charge is 2.42. The highest BCUT2D eigenvalue weighted by molar-refractivity contribution is 8.01. The maximum absolute atomic E-state index is 13.1. The maximum atomic E-state index is 13.1. The van der Waals surface area contributed by atoms with Gasteiger partial charge in [-0.1, -0.05) is 52.4 Å². The first-order valence-corrected chi connectivity index (χ1v) is 12.4. The predicted octanol–water partition coefficient (Wildman–Crippen LogP) is 4.41.